The van der Waals surface area contributed by atoms with Gasteiger partial charge in [0.1, 0.15) is 35.6 Å². The summed E-state index contributed by atoms with van der Waals surface area (Å²) < 4.78 is 41.4. The van der Waals surface area contributed by atoms with Gasteiger partial charge >= 0.3 is 6.09 Å². The Kier molecular flexibility index (Phi) is 15.5. The Morgan fingerprint density at radius 3 is 2.43 bits per heavy atom. The summed E-state index contributed by atoms with van der Waals surface area (Å²) in [4.78, 5) is 22.4. The zero-order valence-electron chi connectivity index (χ0n) is 35.8. The molecule has 0 bridgehead atoms. The first-order chi connectivity index (χ1) is 27.7. The summed E-state index contributed by atoms with van der Waals surface area (Å²) >= 11 is 0. The van der Waals surface area contributed by atoms with Crippen LogP contribution in [0.2, 0.25) is 0 Å². The van der Waals surface area contributed by atoms with Gasteiger partial charge in [0.05, 0.1) is 24.8 Å². The SMILES string of the molecule is C=CCO[C@@]12Oc3ccc(OCc4ccccc4F)cc3[C@H]3[C@H](CCCCO)[C@@H](CCCCO)C=C(C(=NOC(C)(C)C)C[C@@H]1N(CCC)C(=O)OCC(C)(C)C)[C@H]32. The molecule has 10 nitrogen and oxygen atoms in total. The molecule has 1 heterocycles. The van der Waals surface area contributed by atoms with Crippen molar-refractivity contribution < 1.29 is 43.2 Å². The zero-order chi connectivity index (χ0) is 42.1. The second-order valence-corrected chi connectivity index (χ2v) is 18.2. The van der Waals surface area contributed by atoms with Gasteiger partial charge in [0, 0.05) is 43.2 Å². The number of hydrogen-bond donors (Lipinski definition) is 2. The molecule has 2 aromatic carbocycles. The number of benzene rings is 2. The number of rotatable bonds is 19. The van der Waals surface area contributed by atoms with E-state index in [1.165, 1.54) is 6.07 Å². The molecule has 1 saturated carbocycles. The maximum atomic E-state index is 14.7. The number of carbonyl (C=O) groups excluding carboxylic acids is 1. The van der Waals surface area contributed by atoms with Crippen LogP contribution >= 0.6 is 0 Å². The van der Waals surface area contributed by atoms with Crippen molar-refractivity contribution in [2.24, 2.45) is 28.3 Å². The highest BCUT2D eigenvalue weighted by atomic mass is 19.1. The van der Waals surface area contributed by atoms with E-state index < -0.39 is 29.4 Å². The number of amides is 1. The number of allylic oxidation sites excluding steroid dienone is 1. The van der Waals surface area contributed by atoms with Crippen molar-refractivity contribution in [1.82, 2.24) is 4.90 Å². The van der Waals surface area contributed by atoms with Gasteiger partial charge in [-0.3, -0.25) is 4.90 Å². The Bertz CT molecular complexity index is 1750. The molecule has 1 fully saturated rings. The van der Waals surface area contributed by atoms with E-state index in [4.69, 9.17) is 28.9 Å². The summed E-state index contributed by atoms with van der Waals surface area (Å²) in [5.74, 6) is -1.11. The quantitative estimate of drug-likeness (QED) is 0.0819. The van der Waals surface area contributed by atoms with Crippen molar-refractivity contribution in [3.63, 3.8) is 0 Å². The third kappa shape index (κ3) is 10.8. The van der Waals surface area contributed by atoms with Crippen molar-refractivity contribution in [3.05, 3.63) is 83.7 Å². The predicted molar refractivity (Wildman–Crippen MR) is 224 cm³/mol. The van der Waals surface area contributed by atoms with E-state index >= 15 is 0 Å². The largest absolute Gasteiger partial charge is 0.489 e. The number of unbranched alkanes of at least 4 members (excludes halogenated alkanes) is 2. The lowest BCUT2D eigenvalue weighted by atomic mass is 9.55. The first kappa shape index (κ1) is 45.2. The highest BCUT2D eigenvalue weighted by Gasteiger charge is 2.65. The fourth-order valence-corrected chi connectivity index (χ4v) is 8.68. The normalized spacial score (nSPS) is 24.6. The minimum atomic E-state index is -1.39. The Balaban J connectivity index is 1.76. The van der Waals surface area contributed by atoms with Crippen molar-refractivity contribution in [1.29, 1.82) is 0 Å². The summed E-state index contributed by atoms with van der Waals surface area (Å²) in [7, 11) is 0. The maximum Gasteiger partial charge on any atom is 0.410 e. The highest BCUT2D eigenvalue weighted by molar-refractivity contribution is 6.03. The number of aliphatic hydroxyl groups is 2. The topological polar surface area (TPSA) is 119 Å². The van der Waals surface area contributed by atoms with Crippen LogP contribution in [0.1, 0.15) is 117 Å². The molecule has 0 radical (unpaired) electrons. The molecule has 0 aromatic heterocycles. The summed E-state index contributed by atoms with van der Waals surface area (Å²) in [6.45, 7) is 19.0. The van der Waals surface area contributed by atoms with Gasteiger partial charge in [-0.2, -0.15) is 0 Å². The molecule has 58 heavy (non-hydrogen) atoms. The van der Waals surface area contributed by atoms with Gasteiger partial charge in [-0.25, -0.2) is 9.18 Å². The summed E-state index contributed by atoms with van der Waals surface area (Å²) in [6.07, 6.45) is 9.10. The Morgan fingerprint density at radius 1 is 1.05 bits per heavy atom. The van der Waals surface area contributed by atoms with Crippen molar-refractivity contribution in [2.45, 2.75) is 130 Å². The lowest BCUT2D eigenvalue weighted by Gasteiger charge is -2.60. The van der Waals surface area contributed by atoms with Crippen molar-refractivity contribution in [3.8, 4) is 11.5 Å². The number of oxime groups is 1. The smallest absolute Gasteiger partial charge is 0.410 e. The third-order valence-electron chi connectivity index (χ3n) is 11.1. The van der Waals surface area contributed by atoms with Gasteiger partial charge in [-0.05, 0) is 100.0 Å². The lowest BCUT2D eigenvalue weighted by Crippen LogP contribution is -2.70. The number of hydrogen-bond acceptors (Lipinski definition) is 9. The third-order valence-corrected chi connectivity index (χ3v) is 11.1. The van der Waals surface area contributed by atoms with Crippen LogP contribution in [0.15, 0.2) is 71.9 Å². The standard InChI is InChI=1S/C47H67FN2O8/c1-9-23-50(44(53)55-31-45(3,4)5)41-29-39(49-58-46(6,7)8)36-27-32(17-13-15-24-51)35(19-14-16-25-52)42-37-28-34(54-30-33-18-11-12-20-38(33)48)21-22-40(37)57-47(41,43(36)42)56-26-10-2/h10-12,18,20-22,27-28,32,35,41-43,51-52H,2,9,13-17,19,23-26,29-31H2,1,3-8H3/t32-,35+,41-,42+,43+,47+/m0/s1. The fraction of sp³-hybridized carbons (Fsp3) is 0.617. The van der Waals surface area contributed by atoms with E-state index in [1.807, 2.05) is 66.7 Å². The van der Waals surface area contributed by atoms with Crippen LogP contribution in [0.4, 0.5) is 9.18 Å². The molecule has 5 rings (SSSR count). The fourth-order valence-electron chi connectivity index (χ4n) is 8.68. The van der Waals surface area contributed by atoms with Gasteiger partial charge in [0.15, 0.2) is 0 Å². The maximum absolute atomic E-state index is 14.7. The minimum absolute atomic E-state index is 0.0474. The minimum Gasteiger partial charge on any atom is -0.489 e. The van der Waals surface area contributed by atoms with Gasteiger partial charge in [-0.1, -0.05) is 76.0 Å². The second-order valence-electron chi connectivity index (χ2n) is 18.2. The van der Waals surface area contributed by atoms with Gasteiger partial charge < -0.3 is 34.0 Å². The van der Waals surface area contributed by atoms with Crippen molar-refractivity contribution in [2.75, 3.05) is 33.0 Å². The molecule has 0 saturated heterocycles. The van der Waals surface area contributed by atoms with E-state index in [2.05, 4.69) is 12.7 Å². The Morgan fingerprint density at radius 2 is 1.78 bits per heavy atom. The Hall–Kier alpha value is -3.93. The van der Waals surface area contributed by atoms with Gasteiger partial charge in [0.25, 0.3) is 0 Å². The number of ether oxygens (including phenoxy) is 4. The monoisotopic (exact) mass is 806 g/mol. The van der Waals surface area contributed by atoms with E-state index in [-0.39, 0.29) is 68.4 Å². The van der Waals surface area contributed by atoms with E-state index in [0.29, 0.717) is 42.9 Å². The van der Waals surface area contributed by atoms with Crippen LogP contribution in [0, 0.1) is 29.0 Å². The number of carbonyl (C=O) groups is 1. The van der Waals surface area contributed by atoms with Crippen LogP contribution in [-0.4, -0.2) is 77.3 Å². The first-order valence-electron chi connectivity index (χ1n) is 21.2. The molecule has 0 spiro atoms. The van der Waals surface area contributed by atoms with E-state index in [9.17, 15) is 19.4 Å². The number of halogens is 1. The average Bonchev–Trinajstić information content (AvgIpc) is 3.18. The van der Waals surface area contributed by atoms with Crippen LogP contribution in [0.5, 0.6) is 11.5 Å². The van der Waals surface area contributed by atoms with Crippen LogP contribution < -0.4 is 9.47 Å². The lowest BCUT2D eigenvalue weighted by molar-refractivity contribution is -0.255. The van der Waals surface area contributed by atoms with Gasteiger partial charge in [-0.15, -0.1) is 6.58 Å². The number of nitrogens with zero attached hydrogens (tertiary/aromatic N) is 2. The van der Waals surface area contributed by atoms with Gasteiger partial charge in [0.2, 0.25) is 5.79 Å². The molecule has 320 valence electrons. The zero-order valence-corrected chi connectivity index (χ0v) is 35.8. The number of fused-ring (bicyclic) bond motifs is 2. The summed E-state index contributed by atoms with van der Waals surface area (Å²) in [5, 5.41) is 24.7. The van der Waals surface area contributed by atoms with Crippen LogP contribution in [-0.2, 0) is 20.9 Å². The molecule has 1 aliphatic heterocycles. The van der Waals surface area contributed by atoms with Crippen LogP contribution in [0.25, 0.3) is 0 Å². The number of aliphatic hydroxyl groups excluding tert-OH is 2. The molecule has 11 heteroatoms. The molecule has 2 aliphatic carbocycles. The van der Waals surface area contributed by atoms with E-state index in [0.717, 1.165) is 42.5 Å². The predicted octanol–water partition coefficient (Wildman–Crippen LogP) is 9.73. The molecule has 2 N–H and O–H groups in total. The van der Waals surface area contributed by atoms with E-state index in [1.54, 1.807) is 29.2 Å². The second kappa shape index (κ2) is 19.9. The highest BCUT2D eigenvalue weighted by Crippen LogP contribution is 2.62. The summed E-state index contributed by atoms with van der Waals surface area (Å²) in [6, 6.07) is 11.7. The molecular formula is C47H67FN2O8. The van der Waals surface area contributed by atoms with Crippen LogP contribution in [0.3, 0.4) is 0 Å². The molecule has 1 amide bonds. The first-order valence-corrected chi connectivity index (χ1v) is 21.2. The van der Waals surface area contributed by atoms with Crippen molar-refractivity contribution >= 4 is 11.8 Å². The summed E-state index contributed by atoms with van der Waals surface area (Å²) in [5.41, 5.74) is 2.20. The molecular weight excluding hydrogens is 740 g/mol. The molecule has 0 unspecified atom stereocenters. The Labute approximate surface area is 345 Å². The molecule has 3 aliphatic rings. The molecule has 2 aromatic rings. The molecule has 6 atom stereocenters. The average molecular weight is 807 g/mol.